The van der Waals surface area contributed by atoms with E-state index in [9.17, 15) is 0 Å². The molecule has 0 N–H and O–H groups in total. The fourth-order valence-electron chi connectivity index (χ4n) is 1.77. The molecule has 0 aliphatic heterocycles. The average Bonchev–Trinajstić information content (AvgIpc) is 2.61. The van der Waals surface area contributed by atoms with E-state index in [2.05, 4.69) is 0 Å². The molecule has 0 amide bonds. The van der Waals surface area contributed by atoms with Crippen LogP contribution in [0.4, 0.5) is 0 Å². The molecule has 0 aliphatic rings. The molecule has 0 saturated carbocycles. The van der Waals surface area contributed by atoms with Gasteiger partial charge in [-0.2, -0.15) is 21.0 Å². The Labute approximate surface area is 133 Å². The Balaban J connectivity index is 2.04. The van der Waals surface area contributed by atoms with Gasteiger partial charge in [-0.25, -0.2) is 0 Å². The summed E-state index contributed by atoms with van der Waals surface area (Å²) in [6.45, 7) is 0. The van der Waals surface area contributed by atoms with E-state index in [-0.39, 0.29) is 29.9 Å². The van der Waals surface area contributed by atoms with Gasteiger partial charge in [0.25, 0.3) is 0 Å². The molecular formula is C16H7BN4O2. The van der Waals surface area contributed by atoms with Crippen LogP contribution in [0.2, 0.25) is 0 Å². The molecule has 6 nitrogen and oxygen atoms in total. The molecule has 0 heterocycles. The van der Waals surface area contributed by atoms with Crippen LogP contribution in [-0.4, -0.2) is 7.69 Å². The monoisotopic (exact) mass is 298 g/mol. The third kappa shape index (κ3) is 3.58. The van der Waals surface area contributed by atoms with Crippen molar-refractivity contribution in [3.63, 3.8) is 0 Å². The highest BCUT2D eigenvalue weighted by Gasteiger charge is 2.07. The summed E-state index contributed by atoms with van der Waals surface area (Å²) in [4.78, 5) is 0. The van der Waals surface area contributed by atoms with Crippen LogP contribution in [0.15, 0.2) is 36.4 Å². The van der Waals surface area contributed by atoms with Gasteiger partial charge in [0.05, 0.1) is 22.3 Å². The number of nitriles is 4. The predicted octanol–water partition coefficient (Wildman–Crippen LogP) is 1.90. The van der Waals surface area contributed by atoms with Crippen molar-refractivity contribution in [3.05, 3.63) is 58.7 Å². The van der Waals surface area contributed by atoms with E-state index in [4.69, 9.17) is 30.4 Å². The number of rotatable bonds is 4. The minimum atomic E-state index is -0.145. The highest BCUT2D eigenvalue weighted by Crippen LogP contribution is 2.18. The Morgan fingerprint density at radius 1 is 0.609 bits per heavy atom. The van der Waals surface area contributed by atoms with Crippen LogP contribution in [0.1, 0.15) is 22.3 Å². The molecule has 0 radical (unpaired) electrons. The van der Waals surface area contributed by atoms with Crippen molar-refractivity contribution in [1.82, 2.24) is 0 Å². The molecule has 0 aromatic heterocycles. The lowest BCUT2D eigenvalue weighted by Crippen LogP contribution is -2.11. The lowest BCUT2D eigenvalue weighted by molar-refractivity contribution is 0.459. The quantitative estimate of drug-likeness (QED) is 0.796. The van der Waals surface area contributed by atoms with E-state index < -0.39 is 0 Å². The molecule has 2 rings (SSSR count). The van der Waals surface area contributed by atoms with Crippen LogP contribution in [0.25, 0.3) is 0 Å². The van der Waals surface area contributed by atoms with E-state index in [1.165, 1.54) is 24.3 Å². The fraction of sp³-hybridized carbons (Fsp3) is 0. The second kappa shape index (κ2) is 7.18. The first-order valence-corrected chi connectivity index (χ1v) is 6.36. The normalized spacial score (nSPS) is 8.70. The van der Waals surface area contributed by atoms with E-state index in [1.54, 1.807) is 12.1 Å². The van der Waals surface area contributed by atoms with Gasteiger partial charge in [-0.1, -0.05) is 0 Å². The number of hydrogen-bond donors (Lipinski definition) is 0. The van der Waals surface area contributed by atoms with Gasteiger partial charge in [0.2, 0.25) is 0 Å². The van der Waals surface area contributed by atoms with Gasteiger partial charge < -0.3 is 9.31 Å². The Morgan fingerprint density at radius 2 is 1.00 bits per heavy atom. The summed E-state index contributed by atoms with van der Waals surface area (Å²) in [7, 11) is -0.145. The summed E-state index contributed by atoms with van der Waals surface area (Å²) in [5, 5.41) is 35.6. The molecule has 0 aliphatic carbocycles. The molecule has 7 heteroatoms. The number of hydrogen-bond acceptors (Lipinski definition) is 6. The maximum Gasteiger partial charge on any atom is 0.576 e. The standard InChI is InChI=1S/C16H7BN4O2/c18-7-11-1-3-15(5-13(11)9-20)22-17-23-16-4-2-12(8-19)14(6-16)10-21/h1-6,17H. The maximum atomic E-state index is 8.94. The topological polar surface area (TPSA) is 114 Å². The van der Waals surface area contributed by atoms with Gasteiger partial charge in [-0.05, 0) is 36.4 Å². The van der Waals surface area contributed by atoms with Crippen LogP contribution in [-0.2, 0) is 0 Å². The molecular weight excluding hydrogens is 291 g/mol. The zero-order chi connectivity index (χ0) is 16.7. The van der Waals surface area contributed by atoms with Crippen molar-refractivity contribution in [1.29, 1.82) is 21.0 Å². The van der Waals surface area contributed by atoms with Gasteiger partial charge in [-0.3, -0.25) is 0 Å². The molecule has 106 valence electrons. The zero-order valence-electron chi connectivity index (χ0n) is 11.8. The predicted molar refractivity (Wildman–Crippen MR) is 80.1 cm³/mol. The summed E-state index contributed by atoms with van der Waals surface area (Å²) < 4.78 is 10.7. The first kappa shape index (κ1) is 15.5. The van der Waals surface area contributed by atoms with Gasteiger partial charge in [0, 0.05) is 0 Å². The molecule has 23 heavy (non-hydrogen) atoms. The van der Waals surface area contributed by atoms with Gasteiger partial charge >= 0.3 is 7.69 Å². The van der Waals surface area contributed by atoms with Crippen molar-refractivity contribution in [2.45, 2.75) is 0 Å². The van der Waals surface area contributed by atoms with Crippen LogP contribution in [0, 0.1) is 45.3 Å². The summed E-state index contributed by atoms with van der Waals surface area (Å²) in [6, 6.07) is 16.6. The lowest BCUT2D eigenvalue weighted by atomic mass is 10.1. The van der Waals surface area contributed by atoms with E-state index in [0.717, 1.165) is 0 Å². The highest BCUT2D eigenvalue weighted by molar-refractivity contribution is 6.20. The largest absolute Gasteiger partial charge is 0.576 e. The Morgan fingerprint density at radius 3 is 1.35 bits per heavy atom. The zero-order valence-corrected chi connectivity index (χ0v) is 11.8. The fourth-order valence-corrected chi connectivity index (χ4v) is 1.77. The van der Waals surface area contributed by atoms with E-state index >= 15 is 0 Å². The summed E-state index contributed by atoms with van der Waals surface area (Å²) in [5.74, 6) is 0.768. The third-order valence-corrected chi connectivity index (χ3v) is 2.92. The van der Waals surface area contributed by atoms with Crippen LogP contribution < -0.4 is 9.31 Å². The summed E-state index contributed by atoms with van der Waals surface area (Å²) >= 11 is 0. The Bertz CT molecular complexity index is 838. The minimum absolute atomic E-state index is 0.145. The number of nitrogens with zero attached hydrogens (tertiary/aromatic N) is 4. The summed E-state index contributed by atoms with van der Waals surface area (Å²) in [6.07, 6.45) is 0. The van der Waals surface area contributed by atoms with Crippen LogP contribution in [0.5, 0.6) is 11.5 Å². The van der Waals surface area contributed by atoms with E-state index in [1.807, 2.05) is 24.3 Å². The van der Waals surface area contributed by atoms with Crippen molar-refractivity contribution >= 4 is 7.69 Å². The molecule has 0 saturated heterocycles. The Hall–Kier alpha value is -3.94. The SMILES string of the molecule is N#Cc1ccc(OBOc2ccc(C#N)c(C#N)c2)cc1C#N. The van der Waals surface area contributed by atoms with Gasteiger partial charge in [0.1, 0.15) is 35.8 Å². The molecule has 2 aromatic carbocycles. The number of benzene rings is 2. The molecule has 0 spiro atoms. The van der Waals surface area contributed by atoms with Crippen LogP contribution in [0.3, 0.4) is 0 Å². The lowest BCUT2D eigenvalue weighted by Gasteiger charge is -2.08. The first-order chi connectivity index (χ1) is 11.2. The van der Waals surface area contributed by atoms with Crippen molar-refractivity contribution in [2.24, 2.45) is 0 Å². The molecule has 0 bridgehead atoms. The second-order valence-electron chi connectivity index (χ2n) is 4.27. The Kier molecular flexibility index (Phi) is 4.83. The molecule has 0 unspecified atom stereocenters. The van der Waals surface area contributed by atoms with Gasteiger partial charge in [-0.15, -0.1) is 0 Å². The molecule has 2 aromatic rings. The van der Waals surface area contributed by atoms with E-state index in [0.29, 0.717) is 11.5 Å². The van der Waals surface area contributed by atoms with Crippen molar-refractivity contribution < 1.29 is 9.31 Å². The molecule has 0 fully saturated rings. The summed E-state index contributed by atoms with van der Waals surface area (Å²) in [5.41, 5.74) is 0.975. The van der Waals surface area contributed by atoms with Crippen molar-refractivity contribution in [3.8, 4) is 35.8 Å². The van der Waals surface area contributed by atoms with Crippen molar-refractivity contribution in [2.75, 3.05) is 0 Å². The third-order valence-electron chi connectivity index (χ3n) is 2.92. The maximum absolute atomic E-state index is 8.94. The van der Waals surface area contributed by atoms with Crippen LogP contribution >= 0.6 is 0 Å². The average molecular weight is 298 g/mol. The highest BCUT2D eigenvalue weighted by atomic mass is 16.6. The first-order valence-electron chi connectivity index (χ1n) is 6.36. The molecule has 0 atom stereocenters. The second-order valence-corrected chi connectivity index (χ2v) is 4.27. The van der Waals surface area contributed by atoms with Gasteiger partial charge in [0.15, 0.2) is 0 Å². The smallest absolute Gasteiger partial charge is 0.528 e. The minimum Gasteiger partial charge on any atom is -0.528 e.